The van der Waals surface area contributed by atoms with Crippen LogP contribution < -0.4 is 0 Å². The van der Waals surface area contributed by atoms with Crippen LogP contribution in [-0.4, -0.2) is 0 Å². The van der Waals surface area contributed by atoms with E-state index in [-0.39, 0.29) is 0 Å². The highest BCUT2D eigenvalue weighted by atomic mass is 35.5. The molecule has 0 radical (unpaired) electrons. The van der Waals surface area contributed by atoms with Crippen LogP contribution in [0.2, 0.25) is 0 Å². The van der Waals surface area contributed by atoms with Crippen molar-refractivity contribution in [1.29, 1.82) is 0 Å². The van der Waals surface area contributed by atoms with Crippen molar-refractivity contribution in [3.63, 3.8) is 0 Å². The predicted octanol–water partition coefficient (Wildman–Crippen LogP) is 4.91. The molecular weight excluding hydrogens is 254 g/mol. The van der Waals surface area contributed by atoms with Gasteiger partial charge in [-0.3, -0.25) is 0 Å². The largest absolute Gasteiger partial charge is 0.204 e. The van der Waals surface area contributed by atoms with Crippen LogP contribution in [0.4, 0.5) is 8.78 Å². The van der Waals surface area contributed by atoms with Gasteiger partial charge in [0.2, 0.25) is 0 Å². The molecule has 0 heterocycles. The summed E-state index contributed by atoms with van der Waals surface area (Å²) < 4.78 is 26.1. The maximum Gasteiger partial charge on any atom is 0.159 e. The topological polar surface area (TPSA) is 0 Å². The second kappa shape index (κ2) is 5.07. The first-order valence-corrected chi connectivity index (χ1v) is 6.09. The predicted molar refractivity (Wildman–Crippen MR) is 70.0 cm³/mol. The molecule has 3 heteroatoms. The molecule has 0 spiro atoms. The van der Waals surface area contributed by atoms with Crippen molar-refractivity contribution in [2.75, 3.05) is 0 Å². The summed E-state index contributed by atoms with van der Waals surface area (Å²) in [5.41, 5.74) is 3.65. The first-order chi connectivity index (χ1) is 8.49. The van der Waals surface area contributed by atoms with E-state index in [1.165, 1.54) is 6.07 Å². The fourth-order valence-corrected chi connectivity index (χ4v) is 2.34. The van der Waals surface area contributed by atoms with E-state index in [4.69, 9.17) is 11.6 Å². The highest BCUT2D eigenvalue weighted by molar-refractivity contribution is 6.22. The molecule has 0 aliphatic heterocycles. The molecule has 0 N–H and O–H groups in total. The molecule has 0 aliphatic carbocycles. The number of hydrogen-bond acceptors (Lipinski definition) is 0. The number of rotatable bonds is 2. The molecule has 0 aromatic heterocycles. The molecule has 0 bridgehead atoms. The van der Waals surface area contributed by atoms with Crippen LogP contribution in [0, 0.1) is 25.5 Å². The maximum absolute atomic E-state index is 13.2. The Morgan fingerprint density at radius 1 is 0.944 bits per heavy atom. The zero-order chi connectivity index (χ0) is 13.3. The van der Waals surface area contributed by atoms with Crippen LogP contribution >= 0.6 is 11.6 Å². The van der Waals surface area contributed by atoms with Gasteiger partial charge in [0.25, 0.3) is 0 Å². The molecule has 2 aromatic rings. The second-order valence-corrected chi connectivity index (χ2v) is 4.83. The summed E-state index contributed by atoms with van der Waals surface area (Å²) in [6.07, 6.45) is 0. The van der Waals surface area contributed by atoms with Gasteiger partial charge in [0, 0.05) is 0 Å². The molecular formula is C15H13ClF2. The number of benzene rings is 2. The van der Waals surface area contributed by atoms with Gasteiger partial charge < -0.3 is 0 Å². The van der Waals surface area contributed by atoms with Crippen LogP contribution in [0.3, 0.4) is 0 Å². The van der Waals surface area contributed by atoms with E-state index in [1.807, 2.05) is 32.0 Å². The third-order valence-corrected chi connectivity index (χ3v) is 3.42. The summed E-state index contributed by atoms with van der Waals surface area (Å²) in [4.78, 5) is 0. The van der Waals surface area contributed by atoms with Crippen molar-refractivity contribution in [1.82, 2.24) is 0 Å². The summed E-state index contributed by atoms with van der Waals surface area (Å²) in [7, 11) is 0. The summed E-state index contributed by atoms with van der Waals surface area (Å²) in [5, 5.41) is -0.472. The number of aryl methyl sites for hydroxylation is 2. The van der Waals surface area contributed by atoms with Gasteiger partial charge in [-0.2, -0.15) is 0 Å². The van der Waals surface area contributed by atoms with E-state index in [1.54, 1.807) is 0 Å². The number of hydrogen-bond donors (Lipinski definition) is 0. The van der Waals surface area contributed by atoms with Gasteiger partial charge >= 0.3 is 0 Å². The number of alkyl halides is 1. The van der Waals surface area contributed by atoms with Crippen molar-refractivity contribution < 1.29 is 8.78 Å². The third kappa shape index (κ3) is 2.54. The fourth-order valence-electron chi connectivity index (χ4n) is 1.96. The zero-order valence-electron chi connectivity index (χ0n) is 10.2. The Balaban J connectivity index is 2.41. The molecule has 94 valence electrons. The standard InChI is InChI=1S/C15H13ClF2/c1-9-3-5-12(10(2)7-9)15(16)11-4-6-13(17)14(18)8-11/h3-8,15H,1-2H3. The van der Waals surface area contributed by atoms with E-state index in [9.17, 15) is 8.78 Å². The van der Waals surface area contributed by atoms with Gasteiger partial charge in [-0.05, 0) is 42.7 Å². The quantitative estimate of drug-likeness (QED) is 0.678. The maximum atomic E-state index is 13.2. The molecule has 18 heavy (non-hydrogen) atoms. The Hall–Kier alpha value is -1.41. The average Bonchev–Trinajstić information content (AvgIpc) is 2.32. The van der Waals surface area contributed by atoms with Crippen molar-refractivity contribution in [2.24, 2.45) is 0 Å². The molecule has 0 saturated heterocycles. The SMILES string of the molecule is Cc1ccc(C(Cl)c2ccc(F)c(F)c2)c(C)c1. The summed E-state index contributed by atoms with van der Waals surface area (Å²) in [5.74, 6) is -1.73. The molecule has 2 aromatic carbocycles. The van der Waals surface area contributed by atoms with Gasteiger partial charge in [-0.1, -0.05) is 29.8 Å². The molecule has 1 unspecified atom stereocenters. The molecule has 2 rings (SSSR count). The van der Waals surface area contributed by atoms with E-state index in [0.717, 1.165) is 28.8 Å². The first kappa shape index (κ1) is 13.0. The van der Waals surface area contributed by atoms with E-state index >= 15 is 0 Å². The van der Waals surface area contributed by atoms with Gasteiger partial charge in [-0.15, -0.1) is 11.6 Å². The lowest BCUT2D eigenvalue weighted by molar-refractivity contribution is 0.507. The fraction of sp³-hybridized carbons (Fsp3) is 0.200. The Labute approximate surface area is 110 Å². The normalized spacial score (nSPS) is 12.5. The molecule has 0 nitrogen and oxygen atoms in total. The summed E-state index contributed by atoms with van der Waals surface area (Å²) in [6.45, 7) is 3.95. The highest BCUT2D eigenvalue weighted by Crippen LogP contribution is 2.31. The Morgan fingerprint density at radius 3 is 2.28 bits per heavy atom. The molecule has 0 aliphatic rings. The third-order valence-electron chi connectivity index (χ3n) is 2.93. The van der Waals surface area contributed by atoms with E-state index in [0.29, 0.717) is 5.56 Å². The molecule has 0 amide bonds. The van der Waals surface area contributed by atoms with Gasteiger partial charge in [0.05, 0.1) is 5.38 Å². The lowest BCUT2D eigenvalue weighted by atomic mass is 9.98. The van der Waals surface area contributed by atoms with Gasteiger partial charge in [0.15, 0.2) is 11.6 Å². The smallest absolute Gasteiger partial charge is 0.159 e. The average molecular weight is 267 g/mol. The van der Waals surface area contributed by atoms with Crippen LogP contribution in [-0.2, 0) is 0 Å². The lowest BCUT2D eigenvalue weighted by Gasteiger charge is -2.14. The molecule has 1 atom stereocenters. The second-order valence-electron chi connectivity index (χ2n) is 4.40. The van der Waals surface area contributed by atoms with Crippen LogP contribution in [0.1, 0.15) is 27.6 Å². The van der Waals surface area contributed by atoms with Gasteiger partial charge in [-0.25, -0.2) is 8.78 Å². The molecule has 0 saturated carbocycles. The summed E-state index contributed by atoms with van der Waals surface area (Å²) >= 11 is 6.32. The minimum atomic E-state index is -0.872. The van der Waals surface area contributed by atoms with Crippen LogP contribution in [0.25, 0.3) is 0 Å². The Kier molecular flexibility index (Phi) is 3.67. The lowest BCUT2D eigenvalue weighted by Crippen LogP contribution is -1.98. The Morgan fingerprint density at radius 2 is 1.67 bits per heavy atom. The minimum Gasteiger partial charge on any atom is -0.204 e. The molecule has 0 fully saturated rings. The van der Waals surface area contributed by atoms with E-state index in [2.05, 4.69) is 0 Å². The van der Waals surface area contributed by atoms with E-state index < -0.39 is 17.0 Å². The minimum absolute atomic E-state index is 0.472. The van der Waals surface area contributed by atoms with Crippen molar-refractivity contribution in [2.45, 2.75) is 19.2 Å². The van der Waals surface area contributed by atoms with Crippen LogP contribution in [0.15, 0.2) is 36.4 Å². The van der Waals surface area contributed by atoms with Crippen LogP contribution in [0.5, 0.6) is 0 Å². The zero-order valence-corrected chi connectivity index (χ0v) is 10.9. The monoisotopic (exact) mass is 266 g/mol. The van der Waals surface area contributed by atoms with Crippen molar-refractivity contribution in [3.8, 4) is 0 Å². The summed E-state index contributed by atoms with van der Waals surface area (Å²) in [6, 6.07) is 9.65. The van der Waals surface area contributed by atoms with Crippen molar-refractivity contribution >= 4 is 11.6 Å². The number of halogens is 3. The first-order valence-electron chi connectivity index (χ1n) is 5.65. The highest BCUT2D eigenvalue weighted by Gasteiger charge is 2.15. The van der Waals surface area contributed by atoms with Gasteiger partial charge in [0.1, 0.15) is 0 Å². The van der Waals surface area contributed by atoms with Crippen molar-refractivity contribution in [3.05, 3.63) is 70.3 Å². The Bertz CT molecular complexity index is 579.